The number of nitrogens with zero attached hydrogens (tertiary/aromatic N) is 1. The lowest BCUT2D eigenvalue weighted by atomic mass is 9.94. The van der Waals surface area contributed by atoms with Gasteiger partial charge in [-0.05, 0) is 35.4 Å². The van der Waals surface area contributed by atoms with Gasteiger partial charge in [0.25, 0.3) is 0 Å². The second-order valence-corrected chi connectivity index (χ2v) is 7.44. The Balaban J connectivity index is 1.80. The first kappa shape index (κ1) is 23.3. The van der Waals surface area contributed by atoms with Crippen LogP contribution in [0.2, 0.25) is 0 Å². The van der Waals surface area contributed by atoms with Gasteiger partial charge in [0, 0.05) is 24.0 Å². The van der Waals surface area contributed by atoms with Crippen molar-refractivity contribution in [2.45, 2.75) is 37.9 Å². The predicted molar refractivity (Wildman–Crippen MR) is 113 cm³/mol. The molecule has 0 spiro atoms. The van der Waals surface area contributed by atoms with E-state index in [1.54, 1.807) is 24.3 Å². The van der Waals surface area contributed by atoms with Crippen LogP contribution in [0, 0.1) is 0 Å². The Hall–Kier alpha value is -3.37. The van der Waals surface area contributed by atoms with Crippen LogP contribution in [0.1, 0.15) is 23.1 Å². The van der Waals surface area contributed by atoms with E-state index in [-0.39, 0.29) is 36.5 Å². The number of aliphatic hydroxyl groups excluding tert-OH is 3. The maximum Gasteiger partial charge on any atom is 0.217 e. The molecule has 2 atom stereocenters. The minimum absolute atomic E-state index is 0.00256. The van der Waals surface area contributed by atoms with Crippen molar-refractivity contribution in [2.24, 2.45) is 4.99 Å². The molecule has 2 aromatic rings. The Labute approximate surface area is 183 Å². The molecule has 9 nitrogen and oxygen atoms in total. The number of phenolic OH excluding ortho intramolecular Hbond substituents is 2. The van der Waals surface area contributed by atoms with Crippen LogP contribution in [-0.2, 0) is 22.6 Å². The first-order chi connectivity index (χ1) is 15.2. The third-order valence-electron chi connectivity index (χ3n) is 5.11. The standard InChI is InChI=1S/C23H23NO8/c25-11-13-3-1-2-12(6-13)7-19(27)21(29)10-17-15(22(30)23(31)32)9-16(24-17)14-4-5-18(26)20(28)8-14/h1-6,8-9,17,19,23,25-28,31-32H,7,10-11H2. The molecule has 6 N–H and O–H groups in total. The largest absolute Gasteiger partial charge is 0.504 e. The Morgan fingerprint density at radius 3 is 2.34 bits per heavy atom. The minimum atomic E-state index is -2.30. The Morgan fingerprint density at radius 1 is 0.969 bits per heavy atom. The molecule has 0 saturated carbocycles. The number of Topliss-reactive ketones (excluding diaryl/α,β-unsaturated/α-hetero) is 2. The minimum Gasteiger partial charge on any atom is -0.504 e. The van der Waals surface area contributed by atoms with Crippen LogP contribution in [-0.4, -0.2) is 66.4 Å². The highest BCUT2D eigenvalue weighted by Crippen LogP contribution is 2.29. The number of phenols is 2. The lowest BCUT2D eigenvalue weighted by molar-refractivity contribution is -0.141. The van der Waals surface area contributed by atoms with Gasteiger partial charge in [-0.3, -0.25) is 14.6 Å². The topological polar surface area (TPSA) is 168 Å². The van der Waals surface area contributed by atoms with Crippen LogP contribution in [0.25, 0.3) is 0 Å². The first-order valence-electron chi connectivity index (χ1n) is 9.81. The molecule has 1 aliphatic rings. The molecule has 3 rings (SSSR count). The molecule has 0 fully saturated rings. The average molecular weight is 441 g/mol. The molecule has 2 unspecified atom stereocenters. The summed E-state index contributed by atoms with van der Waals surface area (Å²) in [6.07, 6.45) is -2.78. The molecular formula is C23H23NO8. The molecule has 0 radical (unpaired) electrons. The number of carbonyl (C=O) groups excluding carboxylic acids is 2. The fourth-order valence-corrected chi connectivity index (χ4v) is 3.42. The zero-order valence-electron chi connectivity index (χ0n) is 16.9. The highest BCUT2D eigenvalue weighted by atomic mass is 16.5. The number of aliphatic hydroxyl groups is 4. The van der Waals surface area contributed by atoms with Gasteiger partial charge >= 0.3 is 0 Å². The van der Waals surface area contributed by atoms with Gasteiger partial charge in [-0.1, -0.05) is 24.3 Å². The third-order valence-corrected chi connectivity index (χ3v) is 5.11. The predicted octanol–water partition coefficient (Wildman–Crippen LogP) is 0.130. The SMILES string of the molecule is O=C(C1=CC(c2ccc(O)c(O)c2)=NC1CC(=O)C(O)Cc1cccc(CO)c1)C(O)O. The summed E-state index contributed by atoms with van der Waals surface area (Å²) in [5.74, 6) is -2.39. The summed E-state index contributed by atoms with van der Waals surface area (Å²) in [5.41, 5.74) is 1.70. The van der Waals surface area contributed by atoms with Crippen molar-refractivity contribution in [1.29, 1.82) is 0 Å². The van der Waals surface area contributed by atoms with Gasteiger partial charge in [0.05, 0.1) is 18.4 Å². The van der Waals surface area contributed by atoms with Gasteiger partial charge in [-0.25, -0.2) is 0 Å². The van der Waals surface area contributed by atoms with Crippen molar-refractivity contribution < 1.29 is 40.2 Å². The third kappa shape index (κ3) is 5.27. The number of aliphatic imine (C=N–C) groups is 1. The second-order valence-electron chi connectivity index (χ2n) is 7.44. The van der Waals surface area contributed by atoms with Crippen molar-refractivity contribution in [3.05, 3.63) is 70.8 Å². The lowest BCUT2D eigenvalue weighted by Crippen LogP contribution is -2.30. The first-order valence-corrected chi connectivity index (χ1v) is 9.81. The van der Waals surface area contributed by atoms with E-state index in [9.17, 15) is 40.2 Å². The molecule has 1 heterocycles. The number of aromatic hydroxyl groups is 2. The molecular weight excluding hydrogens is 418 g/mol. The summed E-state index contributed by atoms with van der Waals surface area (Å²) in [5, 5.41) is 57.4. The number of ketones is 2. The molecule has 32 heavy (non-hydrogen) atoms. The summed E-state index contributed by atoms with van der Waals surface area (Å²) in [7, 11) is 0. The fraction of sp³-hybridized carbons (Fsp3) is 0.261. The van der Waals surface area contributed by atoms with Gasteiger partial charge in [-0.15, -0.1) is 0 Å². The second kappa shape index (κ2) is 9.84. The van der Waals surface area contributed by atoms with Gasteiger partial charge in [-0.2, -0.15) is 0 Å². The maximum atomic E-state index is 12.6. The molecule has 0 bridgehead atoms. The van der Waals surface area contributed by atoms with Crippen molar-refractivity contribution in [2.75, 3.05) is 0 Å². The molecule has 0 aliphatic carbocycles. The van der Waals surface area contributed by atoms with Crippen LogP contribution in [0.4, 0.5) is 0 Å². The zero-order chi connectivity index (χ0) is 23.4. The van der Waals surface area contributed by atoms with E-state index >= 15 is 0 Å². The van der Waals surface area contributed by atoms with Gasteiger partial charge in [0.1, 0.15) is 6.10 Å². The summed E-state index contributed by atoms with van der Waals surface area (Å²) >= 11 is 0. The van der Waals surface area contributed by atoms with E-state index in [1.165, 1.54) is 24.3 Å². The van der Waals surface area contributed by atoms with Crippen LogP contribution in [0.15, 0.2) is 59.1 Å². The Morgan fingerprint density at radius 2 is 1.69 bits per heavy atom. The molecule has 2 aromatic carbocycles. The van der Waals surface area contributed by atoms with E-state index in [0.717, 1.165) is 0 Å². The lowest BCUT2D eigenvalue weighted by Gasteiger charge is -2.15. The van der Waals surface area contributed by atoms with E-state index in [0.29, 0.717) is 16.7 Å². The number of rotatable bonds is 9. The number of benzene rings is 2. The molecule has 168 valence electrons. The summed E-state index contributed by atoms with van der Waals surface area (Å²) in [6.45, 7) is -0.177. The maximum absolute atomic E-state index is 12.6. The molecule has 1 aliphatic heterocycles. The number of hydrogen-bond acceptors (Lipinski definition) is 9. The van der Waals surface area contributed by atoms with Crippen LogP contribution in [0.3, 0.4) is 0 Å². The average Bonchev–Trinajstić information content (AvgIpc) is 3.18. The molecule has 0 saturated heterocycles. The van der Waals surface area contributed by atoms with Gasteiger partial charge < -0.3 is 30.6 Å². The van der Waals surface area contributed by atoms with Crippen LogP contribution < -0.4 is 0 Å². The summed E-state index contributed by atoms with van der Waals surface area (Å²) < 4.78 is 0. The normalized spacial score (nSPS) is 16.6. The quantitative estimate of drug-likeness (QED) is 0.236. The molecule has 0 aromatic heterocycles. The molecule has 0 amide bonds. The van der Waals surface area contributed by atoms with E-state index in [4.69, 9.17) is 0 Å². The van der Waals surface area contributed by atoms with Crippen LogP contribution in [0.5, 0.6) is 11.5 Å². The van der Waals surface area contributed by atoms with Crippen molar-refractivity contribution in [3.8, 4) is 11.5 Å². The summed E-state index contributed by atoms with van der Waals surface area (Å²) in [6, 6.07) is 9.60. The highest BCUT2D eigenvalue weighted by molar-refractivity contribution is 6.17. The van der Waals surface area contributed by atoms with Gasteiger partial charge in [0.2, 0.25) is 12.1 Å². The zero-order valence-corrected chi connectivity index (χ0v) is 16.9. The van der Waals surface area contributed by atoms with Gasteiger partial charge in [0.15, 0.2) is 17.3 Å². The number of carbonyl (C=O) groups is 2. The van der Waals surface area contributed by atoms with E-state index in [1.807, 2.05) is 0 Å². The Kier molecular flexibility index (Phi) is 7.16. The van der Waals surface area contributed by atoms with Crippen molar-refractivity contribution in [3.63, 3.8) is 0 Å². The van der Waals surface area contributed by atoms with E-state index < -0.39 is 35.8 Å². The van der Waals surface area contributed by atoms with E-state index in [2.05, 4.69) is 4.99 Å². The van der Waals surface area contributed by atoms with Crippen LogP contribution >= 0.6 is 0 Å². The monoisotopic (exact) mass is 441 g/mol. The van der Waals surface area contributed by atoms with Crippen molar-refractivity contribution in [1.82, 2.24) is 0 Å². The summed E-state index contributed by atoms with van der Waals surface area (Å²) in [4.78, 5) is 29.2. The molecule has 9 heteroatoms. The fourth-order valence-electron chi connectivity index (χ4n) is 3.42. The smallest absolute Gasteiger partial charge is 0.217 e. The number of hydrogen-bond donors (Lipinski definition) is 6. The highest BCUT2D eigenvalue weighted by Gasteiger charge is 2.33. The Bertz CT molecular complexity index is 1090. The van der Waals surface area contributed by atoms with Crippen molar-refractivity contribution >= 4 is 17.3 Å². The number of allylic oxidation sites excluding steroid dienone is 1.